The molecule has 0 atom stereocenters. The maximum Gasteiger partial charge on any atom is 0.212 e. The zero-order valence-electron chi connectivity index (χ0n) is 16.3. The van der Waals surface area contributed by atoms with Crippen molar-refractivity contribution in [1.82, 2.24) is 0 Å². The van der Waals surface area contributed by atoms with E-state index in [0.717, 1.165) is 12.3 Å². The maximum absolute atomic E-state index is 5.82. The summed E-state index contributed by atoms with van der Waals surface area (Å²) in [4.78, 5) is 3.68. The molecule has 0 saturated carbocycles. The largest absolute Gasteiger partial charge is 0.494 e. The Balaban J connectivity index is 1.80. The van der Waals surface area contributed by atoms with Gasteiger partial charge in [0.1, 0.15) is 12.8 Å². The van der Waals surface area contributed by atoms with Crippen molar-refractivity contribution in [2.75, 3.05) is 18.1 Å². The van der Waals surface area contributed by atoms with Crippen molar-refractivity contribution in [3.8, 4) is 5.75 Å². The van der Waals surface area contributed by atoms with E-state index in [0.29, 0.717) is 6.61 Å². The van der Waals surface area contributed by atoms with Crippen molar-refractivity contribution in [3.05, 3.63) is 64.8 Å². The second-order valence-electron chi connectivity index (χ2n) is 6.75. The number of pyridine rings is 1. The third-order valence-corrected chi connectivity index (χ3v) is 6.09. The lowest BCUT2D eigenvalue weighted by molar-refractivity contribution is -0.644. The van der Waals surface area contributed by atoms with Crippen LogP contribution in [0.1, 0.15) is 25.0 Å². The number of nitrogens with zero attached hydrogens (tertiary/aromatic N) is 2. The minimum Gasteiger partial charge on any atom is -0.494 e. The summed E-state index contributed by atoms with van der Waals surface area (Å²) in [5.41, 5.74) is 4.93. The molecule has 1 aliphatic rings. The number of rotatable bonds is 4. The molecule has 27 heavy (non-hydrogen) atoms. The number of hydrogen-bond donors (Lipinski definition) is 0. The van der Waals surface area contributed by atoms with E-state index in [2.05, 4.69) is 85.1 Å². The topological polar surface area (TPSA) is 16.4 Å². The molecule has 4 heteroatoms. The van der Waals surface area contributed by atoms with Gasteiger partial charge in [-0.15, -0.1) is 0 Å². The van der Waals surface area contributed by atoms with Gasteiger partial charge >= 0.3 is 0 Å². The van der Waals surface area contributed by atoms with Crippen molar-refractivity contribution in [1.29, 1.82) is 0 Å². The molecule has 0 spiro atoms. The van der Waals surface area contributed by atoms with Crippen molar-refractivity contribution < 1.29 is 9.30 Å². The van der Waals surface area contributed by atoms with Crippen LogP contribution >= 0.6 is 11.8 Å². The molecule has 1 aromatic heterocycles. The Morgan fingerprint density at radius 3 is 2.74 bits per heavy atom. The Labute approximate surface area is 165 Å². The highest BCUT2D eigenvalue weighted by Gasteiger charge is 2.26. The van der Waals surface area contributed by atoms with Crippen LogP contribution in [-0.4, -0.2) is 13.2 Å². The summed E-state index contributed by atoms with van der Waals surface area (Å²) in [5.74, 6) is 0.980. The smallest absolute Gasteiger partial charge is 0.212 e. The average molecular weight is 378 g/mol. The number of aromatic nitrogens is 1. The summed E-state index contributed by atoms with van der Waals surface area (Å²) >= 11 is 1.84. The molecule has 4 rings (SSSR count). The Morgan fingerprint density at radius 1 is 1.15 bits per heavy atom. The number of thioether (sulfide) groups is 1. The molecule has 3 aromatic rings. The first-order chi connectivity index (χ1) is 13.1. The summed E-state index contributed by atoms with van der Waals surface area (Å²) in [7, 11) is 2.09. The van der Waals surface area contributed by atoms with Gasteiger partial charge < -0.3 is 9.64 Å². The third-order valence-electron chi connectivity index (χ3n) is 5.00. The summed E-state index contributed by atoms with van der Waals surface area (Å²) in [5, 5.41) is 2.54. The molecule has 0 saturated heterocycles. The van der Waals surface area contributed by atoms with E-state index in [1.165, 1.54) is 37.6 Å². The zero-order valence-corrected chi connectivity index (χ0v) is 17.1. The maximum atomic E-state index is 5.82. The molecular formula is C23H25N2OS+. The Hall–Kier alpha value is -2.46. The van der Waals surface area contributed by atoms with E-state index < -0.39 is 0 Å². The first kappa shape index (κ1) is 17.9. The molecule has 1 aliphatic heterocycles. The Morgan fingerprint density at radius 2 is 1.96 bits per heavy atom. The Kier molecular flexibility index (Phi) is 4.83. The van der Waals surface area contributed by atoms with Gasteiger partial charge in [-0.1, -0.05) is 23.9 Å². The summed E-state index contributed by atoms with van der Waals surface area (Å²) < 4.78 is 7.99. The molecule has 0 N–H and O–H groups in total. The minimum absolute atomic E-state index is 0.689. The van der Waals surface area contributed by atoms with Gasteiger partial charge in [-0.05, 0) is 50.1 Å². The number of para-hydroxylation sites is 1. The predicted molar refractivity (Wildman–Crippen MR) is 114 cm³/mol. The number of hydrogen-bond acceptors (Lipinski definition) is 3. The fraction of sp³-hybridized carbons (Fsp3) is 0.261. The van der Waals surface area contributed by atoms with Crippen LogP contribution in [-0.2, 0) is 7.05 Å². The van der Waals surface area contributed by atoms with Crippen LogP contribution in [0.15, 0.2) is 58.6 Å². The van der Waals surface area contributed by atoms with Crippen LogP contribution in [0.2, 0.25) is 0 Å². The van der Waals surface area contributed by atoms with Crippen LogP contribution in [0.5, 0.6) is 5.75 Å². The molecule has 3 nitrogen and oxygen atoms in total. The van der Waals surface area contributed by atoms with Gasteiger partial charge in [0.2, 0.25) is 5.52 Å². The second kappa shape index (κ2) is 7.28. The van der Waals surface area contributed by atoms with Gasteiger partial charge in [-0.3, -0.25) is 0 Å². The first-order valence-electron chi connectivity index (χ1n) is 9.44. The van der Waals surface area contributed by atoms with Crippen LogP contribution in [0.4, 0.5) is 5.69 Å². The minimum atomic E-state index is 0.689. The lowest BCUT2D eigenvalue weighted by Crippen LogP contribution is -2.28. The number of fused-ring (bicyclic) bond motifs is 2. The SMILES string of the molecule is CCOc1cc2c(cc1C)S/C(=C\c1cc[n+](C)c3ccccc13)N2CC. The van der Waals surface area contributed by atoms with Gasteiger partial charge in [-0.2, -0.15) is 0 Å². The van der Waals surface area contributed by atoms with E-state index in [4.69, 9.17) is 4.74 Å². The fourth-order valence-electron chi connectivity index (χ4n) is 3.62. The van der Waals surface area contributed by atoms with E-state index in [9.17, 15) is 0 Å². The second-order valence-corrected chi connectivity index (χ2v) is 7.81. The fourth-order valence-corrected chi connectivity index (χ4v) is 4.88. The van der Waals surface area contributed by atoms with Crippen molar-refractivity contribution >= 4 is 34.4 Å². The predicted octanol–water partition coefficient (Wildman–Crippen LogP) is 5.30. The molecule has 0 radical (unpaired) electrons. The first-order valence-corrected chi connectivity index (χ1v) is 10.3. The van der Waals surface area contributed by atoms with Crippen molar-refractivity contribution in [2.24, 2.45) is 7.05 Å². The summed E-state index contributed by atoms with van der Waals surface area (Å²) in [6, 6.07) is 15.2. The van der Waals surface area contributed by atoms with E-state index in [1.54, 1.807) is 0 Å². The standard InChI is InChI=1S/C23H25N2OS/c1-5-25-20-15-21(26-6-2)16(3)13-22(20)27-23(25)14-17-11-12-24(4)19-10-8-7-9-18(17)19/h7-15H,5-6H2,1-4H3/q+1. The van der Waals surface area contributed by atoms with Crippen molar-refractivity contribution in [3.63, 3.8) is 0 Å². The highest BCUT2D eigenvalue weighted by atomic mass is 32.2. The van der Waals surface area contributed by atoms with E-state index in [-0.39, 0.29) is 0 Å². The summed E-state index contributed by atoms with van der Waals surface area (Å²) in [6.07, 6.45) is 4.45. The van der Waals surface area contributed by atoms with Crippen LogP contribution in [0.3, 0.4) is 0 Å². The van der Waals surface area contributed by atoms with Gasteiger partial charge in [-0.25, -0.2) is 4.57 Å². The molecule has 0 fully saturated rings. The molecular weight excluding hydrogens is 352 g/mol. The zero-order chi connectivity index (χ0) is 19.0. The highest BCUT2D eigenvalue weighted by Crippen LogP contribution is 2.49. The highest BCUT2D eigenvalue weighted by molar-refractivity contribution is 8.03. The van der Waals surface area contributed by atoms with Gasteiger partial charge in [0.15, 0.2) is 6.20 Å². The number of anilines is 1. The lowest BCUT2D eigenvalue weighted by atomic mass is 10.1. The molecule has 2 heterocycles. The quantitative estimate of drug-likeness (QED) is 0.574. The number of benzene rings is 2. The lowest BCUT2D eigenvalue weighted by Gasteiger charge is -2.19. The number of ether oxygens (including phenoxy) is 1. The molecule has 0 unspecified atom stereocenters. The van der Waals surface area contributed by atoms with E-state index >= 15 is 0 Å². The third kappa shape index (κ3) is 3.19. The van der Waals surface area contributed by atoms with E-state index in [1.807, 2.05) is 18.7 Å². The molecule has 0 aliphatic carbocycles. The van der Waals surface area contributed by atoms with Crippen molar-refractivity contribution in [2.45, 2.75) is 25.7 Å². The van der Waals surface area contributed by atoms with Crippen LogP contribution in [0.25, 0.3) is 17.0 Å². The molecule has 0 bridgehead atoms. The van der Waals surface area contributed by atoms with Gasteiger partial charge in [0, 0.05) is 29.6 Å². The normalized spacial score (nSPS) is 14.8. The summed E-state index contributed by atoms with van der Waals surface area (Å²) in [6.45, 7) is 7.97. The molecule has 2 aromatic carbocycles. The van der Waals surface area contributed by atoms with Gasteiger partial charge in [0.05, 0.1) is 22.7 Å². The monoisotopic (exact) mass is 377 g/mol. The Bertz CT molecular complexity index is 1040. The molecule has 0 amide bonds. The molecule has 138 valence electrons. The average Bonchev–Trinajstić information content (AvgIpc) is 3.00. The van der Waals surface area contributed by atoms with Crippen LogP contribution < -0.4 is 14.2 Å². The van der Waals surface area contributed by atoms with Crippen LogP contribution in [0, 0.1) is 6.92 Å². The van der Waals surface area contributed by atoms with Gasteiger partial charge in [0.25, 0.3) is 0 Å². The number of aryl methyl sites for hydroxylation is 2.